The summed E-state index contributed by atoms with van der Waals surface area (Å²) in [5, 5.41) is 0. The van der Waals surface area contributed by atoms with Crippen molar-refractivity contribution in [3.05, 3.63) is 24.5 Å². The number of aromatic nitrogens is 1. The molecule has 4 nitrogen and oxygen atoms in total. The first-order chi connectivity index (χ1) is 8.69. The van der Waals surface area contributed by atoms with E-state index in [1.54, 1.807) is 6.92 Å². The van der Waals surface area contributed by atoms with Crippen LogP contribution in [0.15, 0.2) is 24.5 Å². The summed E-state index contributed by atoms with van der Waals surface area (Å²) in [5.74, 6) is 0.217. The number of pyridine rings is 1. The van der Waals surface area contributed by atoms with Gasteiger partial charge >= 0.3 is 0 Å². The Morgan fingerprint density at radius 2 is 1.94 bits per heavy atom. The molecule has 18 heavy (non-hydrogen) atoms. The van der Waals surface area contributed by atoms with Crippen LogP contribution in [0, 0.1) is 5.41 Å². The monoisotopic (exact) mass is 245 g/mol. The van der Waals surface area contributed by atoms with Crippen molar-refractivity contribution in [1.82, 2.24) is 9.88 Å². The van der Waals surface area contributed by atoms with Gasteiger partial charge in [-0.15, -0.1) is 0 Å². The molecule has 0 aromatic carbocycles. The Hall–Kier alpha value is -1.58. The predicted molar refractivity (Wildman–Crippen MR) is 70.4 cm³/mol. The number of anilines is 1. The highest BCUT2D eigenvalue weighted by Crippen LogP contribution is 2.40. The summed E-state index contributed by atoms with van der Waals surface area (Å²) in [5.41, 5.74) is 1.58. The van der Waals surface area contributed by atoms with Gasteiger partial charge in [0.1, 0.15) is 0 Å². The molecule has 3 heterocycles. The van der Waals surface area contributed by atoms with E-state index in [2.05, 4.69) is 22.0 Å². The van der Waals surface area contributed by atoms with Crippen LogP contribution in [-0.4, -0.2) is 42.0 Å². The van der Waals surface area contributed by atoms with Crippen LogP contribution in [0.25, 0.3) is 0 Å². The summed E-state index contributed by atoms with van der Waals surface area (Å²) in [7, 11) is 0. The van der Waals surface area contributed by atoms with Crippen molar-refractivity contribution in [1.29, 1.82) is 0 Å². The Labute approximate surface area is 108 Å². The molecule has 96 valence electrons. The van der Waals surface area contributed by atoms with Gasteiger partial charge in [0.05, 0.1) is 0 Å². The topological polar surface area (TPSA) is 36.4 Å². The third-order valence-corrected chi connectivity index (χ3v) is 4.35. The molecule has 2 aliphatic rings. The number of likely N-dealkylation sites (tertiary alicyclic amines) is 1. The highest BCUT2D eigenvalue weighted by molar-refractivity contribution is 5.73. The molecule has 1 aromatic rings. The molecule has 0 bridgehead atoms. The van der Waals surface area contributed by atoms with Crippen molar-refractivity contribution in [2.24, 2.45) is 5.41 Å². The van der Waals surface area contributed by atoms with E-state index in [0.29, 0.717) is 5.41 Å². The first-order valence-corrected chi connectivity index (χ1v) is 6.59. The van der Waals surface area contributed by atoms with Crippen LogP contribution < -0.4 is 4.90 Å². The minimum absolute atomic E-state index is 0.217. The molecule has 1 atom stereocenters. The summed E-state index contributed by atoms with van der Waals surface area (Å²) >= 11 is 0. The van der Waals surface area contributed by atoms with Crippen molar-refractivity contribution >= 4 is 11.6 Å². The van der Waals surface area contributed by atoms with Crippen LogP contribution in [0.3, 0.4) is 0 Å². The SMILES string of the molecule is CC(=O)N1CCC2(CCN(c3ccncc3)C2)C1. The maximum Gasteiger partial charge on any atom is 0.219 e. The van der Waals surface area contributed by atoms with Crippen LogP contribution in [-0.2, 0) is 4.79 Å². The average molecular weight is 245 g/mol. The molecule has 1 spiro atoms. The number of nitrogens with zero attached hydrogens (tertiary/aromatic N) is 3. The van der Waals surface area contributed by atoms with Gasteiger partial charge in [-0.3, -0.25) is 9.78 Å². The number of rotatable bonds is 1. The Balaban J connectivity index is 1.71. The Kier molecular flexibility index (Phi) is 2.73. The Morgan fingerprint density at radius 1 is 1.22 bits per heavy atom. The largest absolute Gasteiger partial charge is 0.371 e. The molecule has 2 saturated heterocycles. The Bertz CT molecular complexity index is 448. The fourth-order valence-corrected chi connectivity index (χ4v) is 3.25. The zero-order valence-electron chi connectivity index (χ0n) is 10.8. The van der Waals surface area contributed by atoms with Crippen molar-refractivity contribution < 1.29 is 4.79 Å². The molecule has 0 N–H and O–H groups in total. The molecule has 0 aliphatic carbocycles. The molecule has 2 fully saturated rings. The van der Waals surface area contributed by atoms with Gasteiger partial charge in [-0.2, -0.15) is 0 Å². The van der Waals surface area contributed by atoms with Crippen LogP contribution in [0.4, 0.5) is 5.69 Å². The standard InChI is InChI=1S/C14H19N3O/c1-12(18)16-8-4-14(10-16)5-9-17(11-14)13-2-6-15-7-3-13/h2-3,6-7H,4-5,8-11H2,1H3. The number of hydrogen-bond donors (Lipinski definition) is 0. The van der Waals surface area contributed by atoms with Crippen molar-refractivity contribution in [2.45, 2.75) is 19.8 Å². The van der Waals surface area contributed by atoms with Crippen LogP contribution in [0.5, 0.6) is 0 Å². The second-order valence-electron chi connectivity index (χ2n) is 5.57. The summed E-state index contributed by atoms with van der Waals surface area (Å²) in [4.78, 5) is 19.9. The number of amides is 1. The zero-order valence-corrected chi connectivity index (χ0v) is 10.8. The van der Waals surface area contributed by atoms with Gasteiger partial charge in [0.2, 0.25) is 5.91 Å². The third-order valence-electron chi connectivity index (χ3n) is 4.35. The molecule has 0 radical (unpaired) electrons. The highest BCUT2D eigenvalue weighted by atomic mass is 16.2. The second-order valence-corrected chi connectivity index (χ2v) is 5.57. The quantitative estimate of drug-likeness (QED) is 0.753. The first kappa shape index (κ1) is 11.5. The molecule has 0 saturated carbocycles. The number of hydrogen-bond acceptors (Lipinski definition) is 3. The third kappa shape index (κ3) is 1.96. The van der Waals surface area contributed by atoms with Crippen LogP contribution in [0.1, 0.15) is 19.8 Å². The van der Waals surface area contributed by atoms with E-state index in [1.165, 1.54) is 12.1 Å². The minimum atomic E-state index is 0.217. The number of carbonyl (C=O) groups excluding carboxylic acids is 1. The van der Waals surface area contributed by atoms with E-state index in [1.807, 2.05) is 17.3 Å². The Morgan fingerprint density at radius 3 is 2.61 bits per heavy atom. The fraction of sp³-hybridized carbons (Fsp3) is 0.571. The highest BCUT2D eigenvalue weighted by Gasteiger charge is 2.44. The van der Waals surface area contributed by atoms with Crippen molar-refractivity contribution in [2.75, 3.05) is 31.1 Å². The summed E-state index contributed by atoms with van der Waals surface area (Å²) in [6.45, 7) is 5.70. The van der Waals surface area contributed by atoms with E-state index >= 15 is 0 Å². The molecule has 2 aliphatic heterocycles. The van der Waals surface area contributed by atoms with Gasteiger partial charge in [0, 0.05) is 56.6 Å². The van der Waals surface area contributed by atoms with E-state index in [-0.39, 0.29) is 5.91 Å². The molecule has 4 heteroatoms. The second kappa shape index (κ2) is 4.26. The van der Waals surface area contributed by atoms with E-state index in [0.717, 1.165) is 32.6 Å². The first-order valence-electron chi connectivity index (χ1n) is 6.59. The maximum atomic E-state index is 11.4. The average Bonchev–Trinajstić information content (AvgIpc) is 2.99. The van der Waals surface area contributed by atoms with Gasteiger partial charge in [-0.1, -0.05) is 0 Å². The minimum Gasteiger partial charge on any atom is -0.371 e. The molecule has 1 aromatic heterocycles. The predicted octanol–water partition coefficient (Wildman–Crippen LogP) is 1.53. The lowest BCUT2D eigenvalue weighted by molar-refractivity contribution is -0.128. The van der Waals surface area contributed by atoms with Gasteiger partial charge < -0.3 is 9.80 Å². The molecule has 1 unspecified atom stereocenters. The number of carbonyl (C=O) groups is 1. The summed E-state index contributed by atoms with van der Waals surface area (Å²) in [6.07, 6.45) is 6.03. The van der Waals surface area contributed by atoms with Crippen molar-refractivity contribution in [3.63, 3.8) is 0 Å². The maximum absolute atomic E-state index is 11.4. The zero-order chi connectivity index (χ0) is 12.6. The van der Waals surface area contributed by atoms with E-state index in [9.17, 15) is 4.79 Å². The fourth-order valence-electron chi connectivity index (χ4n) is 3.25. The molecule has 1 amide bonds. The molecule has 3 rings (SSSR count). The molecular formula is C14H19N3O. The summed E-state index contributed by atoms with van der Waals surface area (Å²) < 4.78 is 0. The van der Waals surface area contributed by atoms with Gasteiger partial charge in [0.25, 0.3) is 0 Å². The lowest BCUT2D eigenvalue weighted by Gasteiger charge is -2.25. The van der Waals surface area contributed by atoms with Crippen LogP contribution >= 0.6 is 0 Å². The summed E-state index contributed by atoms with van der Waals surface area (Å²) in [6, 6.07) is 4.13. The van der Waals surface area contributed by atoms with E-state index < -0.39 is 0 Å². The van der Waals surface area contributed by atoms with Crippen LogP contribution in [0.2, 0.25) is 0 Å². The lowest BCUT2D eigenvalue weighted by Crippen LogP contribution is -2.32. The molecular weight excluding hydrogens is 226 g/mol. The van der Waals surface area contributed by atoms with Gasteiger partial charge in [-0.25, -0.2) is 0 Å². The van der Waals surface area contributed by atoms with Gasteiger partial charge in [0.15, 0.2) is 0 Å². The van der Waals surface area contributed by atoms with E-state index in [4.69, 9.17) is 0 Å². The normalized spacial score (nSPS) is 27.2. The van der Waals surface area contributed by atoms with Crippen molar-refractivity contribution in [3.8, 4) is 0 Å². The van der Waals surface area contributed by atoms with Gasteiger partial charge in [-0.05, 0) is 25.0 Å². The smallest absolute Gasteiger partial charge is 0.219 e. The lowest BCUT2D eigenvalue weighted by atomic mass is 9.86.